The molecule has 2 aromatic heterocycles. The zero-order chi connectivity index (χ0) is 20.2. The summed E-state index contributed by atoms with van der Waals surface area (Å²) in [4.78, 5) is 20.8. The first kappa shape index (κ1) is 19.1. The number of oxazole rings is 1. The zero-order valence-electron chi connectivity index (χ0n) is 15.5. The van der Waals surface area contributed by atoms with Gasteiger partial charge in [-0.05, 0) is 36.8 Å². The number of hydrogen-bond acceptors (Lipinski definition) is 7. The standard InChI is InChI=1S/C20H17FN4O3S/c1-12-6-7-13(21)10-15(12)22-18(26)8-9-19-24-17(25-28-19)11-29-20-23-14-4-2-3-5-16(14)27-20/h2-7,10H,8-9,11H2,1H3,(H,22,26). The van der Waals surface area contributed by atoms with Crippen molar-refractivity contribution in [3.05, 3.63) is 65.6 Å². The Labute approximate surface area is 169 Å². The second kappa shape index (κ2) is 8.44. The highest BCUT2D eigenvalue weighted by Crippen LogP contribution is 2.25. The Hall–Kier alpha value is -3.20. The van der Waals surface area contributed by atoms with Gasteiger partial charge in [0.25, 0.3) is 5.22 Å². The first-order valence-electron chi connectivity index (χ1n) is 8.92. The topological polar surface area (TPSA) is 94.1 Å². The molecular weight excluding hydrogens is 395 g/mol. The van der Waals surface area contributed by atoms with Crippen LogP contribution in [-0.2, 0) is 17.0 Å². The molecule has 4 rings (SSSR count). The molecule has 0 atom stereocenters. The van der Waals surface area contributed by atoms with Crippen LogP contribution in [0.4, 0.5) is 10.1 Å². The highest BCUT2D eigenvalue weighted by Gasteiger charge is 2.13. The highest BCUT2D eigenvalue weighted by molar-refractivity contribution is 7.98. The van der Waals surface area contributed by atoms with Gasteiger partial charge in [-0.15, -0.1) is 0 Å². The lowest BCUT2D eigenvalue weighted by atomic mass is 10.2. The number of carbonyl (C=O) groups is 1. The van der Waals surface area contributed by atoms with Crippen molar-refractivity contribution in [3.63, 3.8) is 0 Å². The summed E-state index contributed by atoms with van der Waals surface area (Å²) in [7, 11) is 0. The van der Waals surface area contributed by atoms with E-state index < -0.39 is 5.82 Å². The molecule has 1 N–H and O–H groups in total. The third-order valence-electron chi connectivity index (χ3n) is 4.15. The number of benzene rings is 2. The summed E-state index contributed by atoms with van der Waals surface area (Å²) in [5.41, 5.74) is 2.76. The van der Waals surface area contributed by atoms with E-state index in [2.05, 4.69) is 20.4 Å². The molecule has 1 amide bonds. The fraction of sp³-hybridized carbons (Fsp3) is 0.200. The fourth-order valence-electron chi connectivity index (χ4n) is 2.65. The lowest BCUT2D eigenvalue weighted by Crippen LogP contribution is -2.13. The normalized spacial score (nSPS) is 11.1. The first-order valence-corrected chi connectivity index (χ1v) is 9.91. The molecule has 2 aromatic carbocycles. The first-order chi connectivity index (χ1) is 14.1. The largest absolute Gasteiger partial charge is 0.431 e. The minimum Gasteiger partial charge on any atom is -0.431 e. The number of rotatable bonds is 7. The number of halogens is 1. The number of nitrogens with zero attached hydrogens (tertiary/aromatic N) is 3. The van der Waals surface area contributed by atoms with Crippen LogP contribution in [0.3, 0.4) is 0 Å². The average molecular weight is 412 g/mol. The highest BCUT2D eigenvalue weighted by atomic mass is 32.2. The van der Waals surface area contributed by atoms with Crippen molar-refractivity contribution in [2.24, 2.45) is 0 Å². The number of fused-ring (bicyclic) bond motifs is 1. The molecule has 0 saturated carbocycles. The van der Waals surface area contributed by atoms with Gasteiger partial charge in [-0.2, -0.15) is 4.98 Å². The van der Waals surface area contributed by atoms with Crippen LogP contribution in [0, 0.1) is 12.7 Å². The van der Waals surface area contributed by atoms with Gasteiger partial charge in [0.05, 0.1) is 5.75 Å². The van der Waals surface area contributed by atoms with Crippen LogP contribution >= 0.6 is 11.8 Å². The number of amides is 1. The maximum atomic E-state index is 13.3. The molecule has 29 heavy (non-hydrogen) atoms. The van der Waals surface area contributed by atoms with E-state index in [-0.39, 0.29) is 12.3 Å². The van der Waals surface area contributed by atoms with Gasteiger partial charge in [0.1, 0.15) is 11.3 Å². The Morgan fingerprint density at radius 1 is 1.21 bits per heavy atom. The predicted octanol–water partition coefficient (Wildman–Crippen LogP) is 4.52. The van der Waals surface area contributed by atoms with E-state index in [0.29, 0.717) is 34.8 Å². The number of aryl methyl sites for hydroxylation is 2. The Bertz CT molecular complexity index is 1120. The van der Waals surface area contributed by atoms with Gasteiger partial charge in [0, 0.05) is 18.5 Å². The molecule has 0 aliphatic heterocycles. The van der Waals surface area contributed by atoms with Gasteiger partial charge in [-0.25, -0.2) is 9.37 Å². The maximum Gasteiger partial charge on any atom is 0.257 e. The smallest absolute Gasteiger partial charge is 0.257 e. The summed E-state index contributed by atoms with van der Waals surface area (Å²) in [5.74, 6) is 0.645. The quantitative estimate of drug-likeness (QED) is 0.446. The molecule has 0 saturated heterocycles. The monoisotopic (exact) mass is 412 g/mol. The van der Waals surface area contributed by atoms with Gasteiger partial charge in [0.15, 0.2) is 11.4 Å². The number of nitrogens with one attached hydrogen (secondary N) is 1. The van der Waals surface area contributed by atoms with Crippen LogP contribution in [0.1, 0.15) is 23.7 Å². The Morgan fingerprint density at radius 3 is 2.93 bits per heavy atom. The summed E-state index contributed by atoms with van der Waals surface area (Å²) < 4.78 is 24.1. The fourth-order valence-corrected chi connectivity index (χ4v) is 3.33. The van der Waals surface area contributed by atoms with E-state index >= 15 is 0 Å². The van der Waals surface area contributed by atoms with Crippen molar-refractivity contribution in [2.45, 2.75) is 30.7 Å². The summed E-state index contributed by atoms with van der Waals surface area (Å²) in [6.07, 6.45) is 0.441. The number of thioether (sulfide) groups is 1. The van der Waals surface area contributed by atoms with Crippen molar-refractivity contribution < 1.29 is 18.1 Å². The van der Waals surface area contributed by atoms with Crippen LogP contribution in [0.2, 0.25) is 0 Å². The van der Waals surface area contributed by atoms with E-state index in [9.17, 15) is 9.18 Å². The second-order valence-corrected chi connectivity index (χ2v) is 7.27. The second-order valence-electron chi connectivity index (χ2n) is 6.35. The molecule has 4 aromatic rings. The molecular formula is C20H17FN4O3S. The van der Waals surface area contributed by atoms with E-state index in [4.69, 9.17) is 8.94 Å². The van der Waals surface area contributed by atoms with Gasteiger partial charge < -0.3 is 14.3 Å². The molecule has 0 aliphatic carbocycles. The van der Waals surface area contributed by atoms with Crippen LogP contribution in [0.25, 0.3) is 11.1 Å². The summed E-state index contributed by atoms with van der Waals surface area (Å²) in [5, 5.41) is 7.14. The van der Waals surface area contributed by atoms with Crippen LogP contribution in [0.15, 0.2) is 56.6 Å². The van der Waals surface area contributed by atoms with E-state index in [1.54, 1.807) is 13.0 Å². The molecule has 0 aliphatic rings. The van der Waals surface area contributed by atoms with Crippen LogP contribution in [-0.4, -0.2) is 21.0 Å². The SMILES string of the molecule is Cc1ccc(F)cc1NC(=O)CCc1nc(CSc2nc3ccccc3o2)no1. The predicted molar refractivity (Wildman–Crippen MR) is 106 cm³/mol. The Kier molecular flexibility index (Phi) is 5.57. The molecule has 0 radical (unpaired) electrons. The molecule has 0 bridgehead atoms. The van der Waals surface area contributed by atoms with Gasteiger partial charge in [0.2, 0.25) is 11.8 Å². The summed E-state index contributed by atoms with van der Waals surface area (Å²) >= 11 is 1.36. The Morgan fingerprint density at radius 2 is 2.07 bits per heavy atom. The van der Waals surface area contributed by atoms with Gasteiger partial charge in [-0.1, -0.05) is 35.1 Å². The van der Waals surface area contributed by atoms with Crippen LogP contribution in [0.5, 0.6) is 0 Å². The van der Waals surface area contributed by atoms with E-state index in [0.717, 1.165) is 16.7 Å². The molecule has 7 nitrogen and oxygen atoms in total. The minimum absolute atomic E-state index is 0.149. The third-order valence-corrected chi connectivity index (χ3v) is 4.97. The number of para-hydroxylation sites is 2. The van der Waals surface area contributed by atoms with Crippen molar-refractivity contribution >= 4 is 34.5 Å². The maximum absolute atomic E-state index is 13.3. The van der Waals surface area contributed by atoms with E-state index in [1.807, 2.05) is 24.3 Å². The van der Waals surface area contributed by atoms with E-state index in [1.165, 1.54) is 23.9 Å². The molecule has 148 valence electrons. The lowest BCUT2D eigenvalue weighted by molar-refractivity contribution is -0.116. The Balaban J connectivity index is 1.28. The number of hydrogen-bond donors (Lipinski definition) is 1. The molecule has 0 spiro atoms. The van der Waals surface area contributed by atoms with Crippen molar-refractivity contribution in [1.82, 2.24) is 15.1 Å². The summed E-state index contributed by atoms with van der Waals surface area (Å²) in [6, 6.07) is 11.8. The zero-order valence-corrected chi connectivity index (χ0v) is 16.3. The lowest BCUT2D eigenvalue weighted by Gasteiger charge is -2.07. The van der Waals surface area contributed by atoms with Gasteiger partial charge in [-0.3, -0.25) is 4.79 Å². The molecule has 0 unspecified atom stereocenters. The van der Waals surface area contributed by atoms with Crippen molar-refractivity contribution in [1.29, 1.82) is 0 Å². The summed E-state index contributed by atoms with van der Waals surface area (Å²) in [6.45, 7) is 1.80. The van der Waals surface area contributed by atoms with Crippen molar-refractivity contribution in [3.8, 4) is 0 Å². The number of anilines is 1. The minimum atomic E-state index is -0.399. The third kappa shape index (κ3) is 4.80. The van der Waals surface area contributed by atoms with Crippen molar-refractivity contribution in [2.75, 3.05) is 5.32 Å². The number of carbonyl (C=O) groups excluding carboxylic acids is 1. The van der Waals surface area contributed by atoms with Crippen LogP contribution < -0.4 is 5.32 Å². The van der Waals surface area contributed by atoms with Gasteiger partial charge >= 0.3 is 0 Å². The number of aromatic nitrogens is 3. The molecule has 2 heterocycles. The molecule has 9 heteroatoms. The molecule has 0 fully saturated rings. The average Bonchev–Trinajstić information content (AvgIpc) is 3.34.